The number of esters is 2. The molecule has 306 valence electrons. The Kier molecular flexibility index (Phi) is 8.93. The van der Waals surface area contributed by atoms with Crippen LogP contribution in [0.1, 0.15) is 61.8 Å². The van der Waals surface area contributed by atoms with Crippen LogP contribution in [-0.2, 0) is 32.7 Å². The smallest absolute Gasteiger partial charge is 0.491 e. The van der Waals surface area contributed by atoms with Crippen molar-refractivity contribution in [2.45, 2.75) is 73.9 Å². The highest BCUT2D eigenvalue weighted by Crippen LogP contribution is 2.64. The van der Waals surface area contributed by atoms with Crippen LogP contribution in [0.2, 0.25) is 0 Å². The third-order valence-electron chi connectivity index (χ3n) is 12.6. The van der Waals surface area contributed by atoms with Crippen molar-refractivity contribution in [2.24, 2.45) is 0 Å². The Balaban J connectivity index is 1.31. The van der Waals surface area contributed by atoms with E-state index in [0.29, 0.717) is 63.4 Å². The molecule has 0 aliphatic carbocycles. The Labute approximate surface area is 334 Å². The summed E-state index contributed by atoms with van der Waals surface area (Å²) in [6.45, 7) is 3.21. The normalized spacial score (nSPS) is 28.4. The fourth-order valence-electron chi connectivity index (χ4n) is 10.2. The summed E-state index contributed by atoms with van der Waals surface area (Å²) < 4.78 is 76.5. The van der Waals surface area contributed by atoms with Gasteiger partial charge >= 0.3 is 18.1 Å². The van der Waals surface area contributed by atoms with Crippen molar-refractivity contribution < 1.29 is 61.4 Å². The van der Waals surface area contributed by atoms with E-state index in [1.807, 2.05) is 9.80 Å². The molecule has 3 N–H and O–H groups in total. The number of phenolic OH excluding ortho intramolecular Hbond substituents is 2. The van der Waals surface area contributed by atoms with Crippen molar-refractivity contribution in [3.63, 3.8) is 0 Å². The molecule has 1 unspecified atom stereocenters. The van der Waals surface area contributed by atoms with Gasteiger partial charge in [0, 0.05) is 46.6 Å². The monoisotopic (exact) mass is 824 g/mol. The number of fused-ring (bicyclic) bond motifs is 9. The van der Waals surface area contributed by atoms with Crippen molar-refractivity contribution in [3.8, 4) is 46.3 Å². The molecule has 58 heavy (non-hydrogen) atoms. The maximum absolute atomic E-state index is 14.7. The van der Waals surface area contributed by atoms with E-state index in [1.54, 1.807) is 39.1 Å². The number of piperazine rings is 1. The first kappa shape index (κ1) is 38.4. The number of methoxy groups -OCH3 is 2. The van der Waals surface area contributed by atoms with Crippen LogP contribution in [0.4, 0.5) is 13.2 Å². The SMILES string of the molecule is COc1cc2c(cc1O)CCN[C@]21CS[C@@H]2c3c(O)c(C)c4c(c3[C@H](COC1=O)N1C2[C@H]2c3c(cc(C)c(OC)c3OC(=O)C(F)(F)F)C[C@@H]([C@@H]1C#N)N2C)OCO4. The molecule has 0 saturated carbocycles. The molecular weight excluding hydrogens is 786 g/mol. The minimum absolute atomic E-state index is 0.00409. The summed E-state index contributed by atoms with van der Waals surface area (Å²) in [4.78, 5) is 31.2. The molecule has 7 aliphatic heterocycles. The minimum atomic E-state index is -5.33. The summed E-state index contributed by atoms with van der Waals surface area (Å²) in [5.74, 6) is -2.87. The zero-order valence-corrected chi connectivity index (χ0v) is 32.8. The van der Waals surface area contributed by atoms with Gasteiger partial charge in [0.1, 0.15) is 18.4 Å². The van der Waals surface area contributed by atoms with Crippen LogP contribution < -0.4 is 29.0 Å². The summed E-state index contributed by atoms with van der Waals surface area (Å²) in [6.07, 6.45) is -4.65. The second kappa shape index (κ2) is 13.5. The highest BCUT2D eigenvalue weighted by Gasteiger charge is 2.62. The van der Waals surface area contributed by atoms with Gasteiger partial charge in [-0.3, -0.25) is 15.1 Å². The van der Waals surface area contributed by atoms with Crippen LogP contribution in [0.3, 0.4) is 0 Å². The largest absolute Gasteiger partial charge is 0.507 e. The topological polar surface area (TPSA) is 172 Å². The van der Waals surface area contributed by atoms with Crippen LogP contribution in [0.5, 0.6) is 40.2 Å². The maximum Gasteiger partial charge on any atom is 0.491 e. The molecule has 7 aliphatic rings. The van der Waals surface area contributed by atoms with Crippen LogP contribution in [-0.4, -0.2) is 103 Å². The predicted molar refractivity (Wildman–Crippen MR) is 198 cm³/mol. The molecule has 7 atom stereocenters. The first-order chi connectivity index (χ1) is 27.7. The number of alkyl halides is 3. The highest BCUT2D eigenvalue weighted by atomic mass is 32.2. The number of thioether (sulfide) groups is 1. The Morgan fingerprint density at radius 2 is 1.81 bits per heavy atom. The Bertz CT molecular complexity index is 2340. The second-order valence-electron chi connectivity index (χ2n) is 15.4. The number of halogens is 3. The molecule has 2 saturated heterocycles. The zero-order chi connectivity index (χ0) is 41.2. The molecule has 18 heteroatoms. The molecular formula is C40H39F3N4O10S. The molecule has 0 aromatic heterocycles. The van der Waals surface area contributed by atoms with E-state index in [9.17, 15) is 38.2 Å². The number of rotatable bonds is 3. The van der Waals surface area contributed by atoms with E-state index in [1.165, 1.54) is 26.0 Å². The van der Waals surface area contributed by atoms with Gasteiger partial charge in [0.15, 0.2) is 40.0 Å². The maximum atomic E-state index is 14.7. The van der Waals surface area contributed by atoms with Gasteiger partial charge in [0.05, 0.1) is 37.6 Å². The molecule has 3 aromatic carbocycles. The van der Waals surface area contributed by atoms with Crippen molar-refractivity contribution >= 4 is 23.7 Å². The van der Waals surface area contributed by atoms with E-state index < -0.39 is 59.1 Å². The molecule has 4 bridgehead atoms. The Morgan fingerprint density at radius 3 is 2.52 bits per heavy atom. The molecule has 3 aromatic rings. The number of nitrogens with one attached hydrogen (secondary N) is 1. The number of aromatic hydroxyl groups is 2. The quantitative estimate of drug-likeness (QED) is 0.248. The lowest BCUT2D eigenvalue weighted by atomic mass is 9.71. The van der Waals surface area contributed by atoms with Gasteiger partial charge in [-0.05, 0) is 68.1 Å². The summed E-state index contributed by atoms with van der Waals surface area (Å²) in [7, 11) is 4.47. The van der Waals surface area contributed by atoms with Crippen molar-refractivity contribution in [1.29, 1.82) is 5.26 Å². The Hall–Kier alpha value is -5.09. The standard InChI is InChI=1S/C40H39F3N4O10S/c1-16-8-19-9-21-22(12-44)47-23-13-54-37(50)39(20-11-25(52-4)24(48)10-18(20)6-7-45-39)14-58-36(28-27(23)34-33(55-15-56-34)17(2)31(28)49)30(47)29(46(21)3)26(19)35(32(16)53-5)57-38(51)40(41,42)43/h8,10-11,21-23,29-30,36,45,48-49H,6-7,9,13-15H2,1-5H3/t21-,22-,23-,29+,30?,36+,39+/m0/s1. The first-order valence-electron chi connectivity index (χ1n) is 18.6. The molecule has 14 nitrogen and oxygen atoms in total. The van der Waals surface area contributed by atoms with Gasteiger partial charge in [-0.15, -0.1) is 11.8 Å². The van der Waals surface area contributed by atoms with E-state index in [-0.39, 0.29) is 59.9 Å². The van der Waals surface area contributed by atoms with Gasteiger partial charge in [0.25, 0.3) is 0 Å². The predicted octanol–water partition coefficient (Wildman–Crippen LogP) is 4.53. The molecule has 7 heterocycles. The van der Waals surface area contributed by atoms with Crippen LogP contribution in [0.25, 0.3) is 0 Å². The molecule has 0 amide bonds. The number of benzene rings is 3. The first-order valence-corrected chi connectivity index (χ1v) is 19.7. The molecule has 2 fully saturated rings. The van der Waals surface area contributed by atoms with E-state index >= 15 is 0 Å². The number of nitrogens with zero attached hydrogens (tertiary/aromatic N) is 3. The number of nitriles is 1. The number of ether oxygens (including phenoxy) is 6. The van der Waals surface area contributed by atoms with Crippen molar-refractivity contribution in [3.05, 3.63) is 62.7 Å². The summed E-state index contributed by atoms with van der Waals surface area (Å²) in [5, 5.41) is 36.7. The van der Waals surface area contributed by atoms with Crippen LogP contribution in [0.15, 0.2) is 18.2 Å². The molecule has 10 rings (SSSR count). The summed E-state index contributed by atoms with van der Waals surface area (Å²) in [5.41, 5.74) is 2.35. The number of carbonyl (C=O) groups is 2. The summed E-state index contributed by atoms with van der Waals surface area (Å²) >= 11 is 1.30. The van der Waals surface area contributed by atoms with Crippen LogP contribution in [0, 0.1) is 25.2 Å². The average Bonchev–Trinajstić information content (AvgIpc) is 3.68. The van der Waals surface area contributed by atoms with Gasteiger partial charge in [-0.1, -0.05) is 6.07 Å². The van der Waals surface area contributed by atoms with Gasteiger partial charge in [0.2, 0.25) is 6.79 Å². The second-order valence-corrected chi connectivity index (χ2v) is 16.5. The number of carbonyl (C=O) groups excluding carboxylic acids is 2. The van der Waals surface area contributed by atoms with Gasteiger partial charge in [-0.25, -0.2) is 9.59 Å². The number of phenols is 2. The van der Waals surface area contributed by atoms with Crippen molar-refractivity contribution in [2.75, 3.05) is 47.0 Å². The molecule has 1 spiro atoms. The van der Waals surface area contributed by atoms with E-state index in [4.69, 9.17) is 28.4 Å². The third kappa shape index (κ3) is 5.28. The van der Waals surface area contributed by atoms with Crippen LogP contribution >= 0.6 is 11.8 Å². The number of aryl methyl sites for hydroxylation is 1. The Morgan fingerprint density at radius 1 is 1.05 bits per heavy atom. The van der Waals surface area contributed by atoms with E-state index in [2.05, 4.69) is 11.4 Å². The van der Waals surface area contributed by atoms with Gasteiger partial charge < -0.3 is 38.6 Å². The zero-order valence-electron chi connectivity index (χ0n) is 32.0. The third-order valence-corrected chi connectivity index (χ3v) is 14.1. The summed E-state index contributed by atoms with van der Waals surface area (Å²) in [6, 6.07) is 3.43. The number of hydrogen-bond donors (Lipinski definition) is 3. The average molecular weight is 825 g/mol. The molecule has 0 radical (unpaired) electrons. The lowest BCUT2D eigenvalue weighted by Gasteiger charge is -2.62. The van der Waals surface area contributed by atoms with E-state index in [0.717, 1.165) is 0 Å². The fraction of sp³-hybridized carbons (Fsp3) is 0.475. The lowest BCUT2D eigenvalue weighted by Crippen LogP contribution is -2.69. The highest BCUT2D eigenvalue weighted by molar-refractivity contribution is 7.99. The number of likely N-dealkylation sites (N-methyl/N-ethyl adjacent to an activating group) is 1. The fourth-order valence-corrected chi connectivity index (χ4v) is 11.8. The van der Waals surface area contributed by atoms with Crippen molar-refractivity contribution in [1.82, 2.24) is 15.1 Å². The van der Waals surface area contributed by atoms with Gasteiger partial charge in [-0.2, -0.15) is 18.4 Å². The number of hydrogen-bond acceptors (Lipinski definition) is 15. The minimum Gasteiger partial charge on any atom is -0.507 e. The lowest BCUT2D eigenvalue weighted by molar-refractivity contribution is -0.190.